The van der Waals surface area contributed by atoms with E-state index in [0.717, 1.165) is 16.7 Å². The molecular formula is C11H12N4S2. The Morgan fingerprint density at radius 2 is 2.29 bits per heavy atom. The molecule has 6 heteroatoms. The molecule has 4 rings (SSSR count). The minimum absolute atomic E-state index is 0.390. The van der Waals surface area contributed by atoms with Gasteiger partial charge in [-0.05, 0) is 24.3 Å². The number of aromatic nitrogens is 3. The molecule has 0 bridgehead atoms. The molecule has 0 saturated heterocycles. The van der Waals surface area contributed by atoms with Crippen LogP contribution in [-0.2, 0) is 0 Å². The molecule has 0 radical (unpaired) electrons. The molecule has 2 aromatic rings. The highest BCUT2D eigenvalue weighted by atomic mass is 32.2. The van der Waals surface area contributed by atoms with Crippen LogP contribution in [0.5, 0.6) is 0 Å². The number of fused-ring (bicyclic) bond motifs is 1. The molecule has 1 aliphatic heterocycles. The van der Waals surface area contributed by atoms with Crippen LogP contribution in [0.15, 0.2) is 22.7 Å². The van der Waals surface area contributed by atoms with Crippen molar-refractivity contribution >= 4 is 23.1 Å². The smallest absolute Gasteiger partial charge is 0.210 e. The number of hydrogen-bond donors (Lipinski definition) is 1. The number of thioether (sulfide) groups is 1. The Morgan fingerprint density at radius 3 is 3.06 bits per heavy atom. The van der Waals surface area contributed by atoms with Gasteiger partial charge in [0.25, 0.3) is 0 Å². The van der Waals surface area contributed by atoms with E-state index in [-0.39, 0.29) is 0 Å². The van der Waals surface area contributed by atoms with E-state index in [2.05, 4.69) is 37.8 Å². The van der Waals surface area contributed by atoms with Gasteiger partial charge in [0, 0.05) is 16.5 Å². The maximum Gasteiger partial charge on any atom is 0.210 e. The first-order chi connectivity index (χ1) is 8.42. The molecule has 1 saturated carbocycles. The lowest BCUT2D eigenvalue weighted by Crippen LogP contribution is -2.28. The Morgan fingerprint density at radius 1 is 1.35 bits per heavy atom. The van der Waals surface area contributed by atoms with Crippen molar-refractivity contribution in [1.29, 1.82) is 0 Å². The van der Waals surface area contributed by atoms with Crippen molar-refractivity contribution in [3.63, 3.8) is 0 Å². The van der Waals surface area contributed by atoms with Gasteiger partial charge < -0.3 is 5.43 Å². The summed E-state index contributed by atoms with van der Waals surface area (Å²) >= 11 is 3.60. The fraction of sp³-hybridized carbons (Fsp3) is 0.455. The predicted molar refractivity (Wildman–Crippen MR) is 69.1 cm³/mol. The van der Waals surface area contributed by atoms with Crippen LogP contribution in [0.4, 0.5) is 0 Å². The molecule has 0 amide bonds. The molecule has 1 atom stereocenters. The molecule has 0 spiro atoms. The van der Waals surface area contributed by atoms with E-state index in [9.17, 15) is 0 Å². The average molecular weight is 264 g/mol. The highest BCUT2D eigenvalue weighted by molar-refractivity contribution is 7.99. The SMILES string of the molecule is c1csc(C2CSc3nnc(C4CC4)n3N2)c1. The van der Waals surface area contributed by atoms with Crippen molar-refractivity contribution < 1.29 is 0 Å². The van der Waals surface area contributed by atoms with Crippen LogP contribution in [-0.4, -0.2) is 20.6 Å². The van der Waals surface area contributed by atoms with Crippen LogP contribution in [0.1, 0.15) is 35.5 Å². The second-order valence-corrected chi connectivity index (χ2v) is 6.42. The molecule has 1 N–H and O–H groups in total. The topological polar surface area (TPSA) is 42.7 Å². The van der Waals surface area contributed by atoms with Crippen molar-refractivity contribution in [2.24, 2.45) is 0 Å². The number of hydrogen-bond acceptors (Lipinski definition) is 5. The van der Waals surface area contributed by atoms with Gasteiger partial charge in [-0.2, -0.15) is 0 Å². The summed E-state index contributed by atoms with van der Waals surface area (Å²) in [6.07, 6.45) is 2.52. The minimum Gasteiger partial charge on any atom is -0.313 e. The summed E-state index contributed by atoms with van der Waals surface area (Å²) < 4.78 is 2.11. The monoisotopic (exact) mass is 264 g/mol. The van der Waals surface area contributed by atoms with E-state index >= 15 is 0 Å². The molecule has 4 nitrogen and oxygen atoms in total. The van der Waals surface area contributed by atoms with Crippen molar-refractivity contribution in [2.75, 3.05) is 11.2 Å². The third kappa shape index (κ3) is 1.66. The third-order valence-electron chi connectivity index (χ3n) is 3.15. The second kappa shape index (κ2) is 3.74. The van der Waals surface area contributed by atoms with E-state index < -0.39 is 0 Å². The van der Waals surface area contributed by atoms with Crippen molar-refractivity contribution in [2.45, 2.75) is 30.0 Å². The normalized spacial score (nSPS) is 23.2. The molecular weight excluding hydrogens is 252 g/mol. The molecule has 1 aliphatic carbocycles. The largest absolute Gasteiger partial charge is 0.313 e. The van der Waals surface area contributed by atoms with Gasteiger partial charge in [0.1, 0.15) is 0 Å². The maximum atomic E-state index is 4.31. The predicted octanol–water partition coefficient (Wildman–Crippen LogP) is 2.61. The number of nitrogens with one attached hydrogen (secondary N) is 1. The van der Waals surface area contributed by atoms with E-state index in [1.807, 2.05) is 0 Å². The lowest BCUT2D eigenvalue weighted by Gasteiger charge is -2.25. The van der Waals surface area contributed by atoms with Gasteiger partial charge >= 0.3 is 0 Å². The number of rotatable bonds is 2. The van der Waals surface area contributed by atoms with Crippen molar-refractivity contribution in [1.82, 2.24) is 14.9 Å². The zero-order valence-electron chi connectivity index (χ0n) is 9.17. The fourth-order valence-corrected chi connectivity index (χ4v) is 3.91. The van der Waals surface area contributed by atoms with Gasteiger partial charge in [0.2, 0.25) is 5.16 Å². The summed E-state index contributed by atoms with van der Waals surface area (Å²) in [5.74, 6) is 2.78. The molecule has 17 heavy (non-hydrogen) atoms. The third-order valence-corrected chi connectivity index (χ3v) is 5.16. The number of thiophene rings is 1. The minimum atomic E-state index is 0.390. The Kier molecular flexibility index (Phi) is 2.19. The van der Waals surface area contributed by atoms with Crippen LogP contribution in [0.2, 0.25) is 0 Å². The lowest BCUT2D eigenvalue weighted by atomic mass is 10.3. The molecule has 2 aromatic heterocycles. The molecule has 0 aromatic carbocycles. The van der Waals surface area contributed by atoms with Crippen LogP contribution in [0.3, 0.4) is 0 Å². The first kappa shape index (κ1) is 9.96. The van der Waals surface area contributed by atoms with Crippen LogP contribution < -0.4 is 5.43 Å². The summed E-state index contributed by atoms with van der Waals surface area (Å²) in [5.41, 5.74) is 3.55. The maximum absolute atomic E-state index is 4.31. The first-order valence-corrected chi connectivity index (χ1v) is 7.66. The van der Waals surface area contributed by atoms with Gasteiger partial charge in [0.15, 0.2) is 5.82 Å². The molecule has 88 valence electrons. The summed E-state index contributed by atoms with van der Waals surface area (Å²) in [5, 5.41) is 11.7. The highest BCUT2D eigenvalue weighted by Crippen LogP contribution is 2.41. The van der Waals surface area contributed by atoms with E-state index in [1.165, 1.54) is 17.7 Å². The average Bonchev–Trinajstić information content (AvgIpc) is 2.93. The van der Waals surface area contributed by atoms with Crippen molar-refractivity contribution in [3.8, 4) is 0 Å². The molecule has 1 unspecified atom stereocenters. The summed E-state index contributed by atoms with van der Waals surface area (Å²) in [6, 6.07) is 4.69. The summed E-state index contributed by atoms with van der Waals surface area (Å²) in [4.78, 5) is 1.39. The Hall–Kier alpha value is -1.01. The zero-order chi connectivity index (χ0) is 11.2. The fourth-order valence-electron chi connectivity index (χ4n) is 2.09. The first-order valence-electron chi connectivity index (χ1n) is 5.80. The van der Waals surface area contributed by atoms with Gasteiger partial charge in [-0.25, -0.2) is 4.68 Å². The van der Waals surface area contributed by atoms with Gasteiger partial charge in [0.05, 0.1) is 6.04 Å². The second-order valence-electron chi connectivity index (χ2n) is 4.46. The summed E-state index contributed by atoms with van der Waals surface area (Å²) in [6.45, 7) is 0. The zero-order valence-corrected chi connectivity index (χ0v) is 10.8. The van der Waals surface area contributed by atoms with Crippen LogP contribution in [0, 0.1) is 0 Å². The number of nitrogens with zero attached hydrogens (tertiary/aromatic N) is 3. The Balaban J connectivity index is 1.67. The lowest BCUT2D eigenvalue weighted by molar-refractivity contribution is 0.639. The van der Waals surface area contributed by atoms with E-state index in [4.69, 9.17) is 0 Å². The highest BCUT2D eigenvalue weighted by Gasteiger charge is 2.33. The van der Waals surface area contributed by atoms with Gasteiger partial charge in [-0.15, -0.1) is 21.5 Å². The molecule has 1 fully saturated rings. The van der Waals surface area contributed by atoms with E-state index in [0.29, 0.717) is 12.0 Å². The van der Waals surface area contributed by atoms with Crippen LogP contribution in [0.25, 0.3) is 0 Å². The van der Waals surface area contributed by atoms with Gasteiger partial charge in [-0.3, -0.25) is 0 Å². The molecule has 2 aliphatic rings. The van der Waals surface area contributed by atoms with Gasteiger partial charge in [-0.1, -0.05) is 17.8 Å². The van der Waals surface area contributed by atoms with Crippen molar-refractivity contribution in [3.05, 3.63) is 28.2 Å². The van der Waals surface area contributed by atoms with Crippen LogP contribution >= 0.6 is 23.1 Å². The Labute approximate surface area is 107 Å². The van der Waals surface area contributed by atoms with E-state index in [1.54, 1.807) is 23.1 Å². The quantitative estimate of drug-likeness (QED) is 0.905. The standard InChI is InChI=1S/C11H12N4S2/c1-2-9(16-5-1)8-6-17-11-13-12-10(7-3-4-7)15(11)14-8/h1-2,5,7-8,14H,3-4,6H2. The summed E-state index contributed by atoms with van der Waals surface area (Å²) in [7, 11) is 0. The molecule has 3 heterocycles. The Bertz CT molecular complexity index is 530.